The molecule has 0 aromatic heterocycles. The minimum atomic E-state index is -0.495. The molecule has 1 N–H and O–H groups in total. The predicted octanol–water partition coefficient (Wildman–Crippen LogP) is 4.50. The lowest BCUT2D eigenvalue weighted by Crippen LogP contribution is -2.46. The molecule has 2 fully saturated rings. The van der Waals surface area contributed by atoms with E-state index in [1.54, 1.807) is 12.1 Å². The van der Waals surface area contributed by atoms with Gasteiger partial charge in [-0.1, -0.05) is 36.8 Å². The second kappa shape index (κ2) is 7.55. The number of halogens is 1. The quantitative estimate of drug-likeness (QED) is 0.847. The largest absolute Gasteiger partial charge is 0.372 e. The van der Waals surface area contributed by atoms with E-state index in [-0.39, 0.29) is 23.9 Å². The van der Waals surface area contributed by atoms with E-state index in [1.165, 1.54) is 6.07 Å². The van der Waals surface area contributed by atoms with Crippen LogP contribution in [0.3, 0.4) is 0 Å². The number of benzene rings is 2. The van der Waals surface area contributed by atoms with Crippen molar-refractivity contribution in [1.29, 1.82) is 0 Å². The molecule has 0 radical (unpaired) electrons. The van der Waals surface area contributed by atoms with Crippen LogP contribution < -0.4 is 10.2 Å². The fraction of sp³-hybridized carbons (Fsp3) is 0.435. The van der Waals surface area contributed by atoms with Gasteiger partial charge < -0.3 is 15.0 Å². The van der Waals surface area contributed by atoms with Crippen LogP contribution in [0, 0.1) is 5.82 Å². The zero-order chi connectivity index (χ0) is 19.7. The Hall–Kier alpha value is -2.40. The van der Waals surface area contributed by atoms with Crippen molar-refractivity contribution in [2.75, 3.05) is 23.3 Å². The Balaban J connectivity index is 1.51. The summed E-state index contributed by atoms with van der Waals surface area (Å²) < 4.78 is 20.6. The molecule has 4 nitrogen and oxygen atoms in total. The number of hydrogen-bond donors (Lipinski definition) is 1. The molecular weight excluding hydrogens is 355 g/mol. The lowest BCUT2D eigenvalue weighted by Gasteiger charge is -2.40. The molecule has 28 heavy (non-hydrogen) atoms. The smallest absolute Gasteiger partial charge is 0.235 e. The Labute approximate surface area is 165 Å². The Bertz CT molecular complexity index is 841. The van der Waals surface area contributed by atoms with Crippen LogP contribution in [-0.2, 0) is 14.9 Å². The molecule has 1 saturated heterocycles. The molecule has 2 aromatic rings. The fourth-order valence-corrected chi connectivity index (χ4v) is 4.40. The second-order valence-electron chi connectivity index (χ2n) is 8.08. The molecule has 0 spiro atoms. The Morgan fingerprint density at radius 2 is 1.79 bits per heavy atom. The average molecular weight is 382 g/mol. The molecule has 1 heterocycles. The van der Waals surface area contributed by atoms with Gasteiger partial charge in [-0.3, -0.25) is 4.79 Å². The van der Waals surface area contributed by atoms with Gasteiger partial charge in [0.2, 0.25) is 5.91 Å². The van der Waals surface area contributed by atoms with E-state index in [0.29, 0.717) is 24.5 Å². The number of ether oxygens (including phenoxy) is 1. The Morgan fingerprint density at radius 1 is 1.11 bits per heavy atom. The van der Waals surface area contributed by atoms with Gasteiger partial charge in [-0.05, 0) is 50.5 Å². The molecule has 1 aliphatic heterocycles. The summed E-state index contributed by atoms with van der Waals surface area (Å²) in [6, 6.07) is 14.9. The number of carbonyl (C=O) groups excluding carboxylic acids is 1. The second-order valence-corrected chi connectivity index (χ2v) is 8.08. The minimum absolute atomic E-state index is 0.0503. The standard InChI is InChI=1S/C23H27FN2O2/c1-16-14-26(15-17(2)28-16)21-10-9-19(13-20(21)24)25-22(27)23(11-6-12-23)18-7-4-3-5-8-18/h3-5,7-10,13,16-17H,6,11-12,14-15H2,1-2H3,(H,25,27). The van der Waals surface area contributed by atoms with Gasteiger partial charge in [0.15, 0.2) is 0 Å². The van der Waals surface area contributed by atoms with Crippen molar-refractivity contribution < 1.29 is 13.9 Å². The number of anilines is 2. The van der Waals surface area contributed by atoms with E-state index in [9.17, 15) is 9.18 Å². The van der Waals surface area contributed by atoms with Crippen LogP contribution >= 0.6 is 0 Å². The number of hydrogen-bond acceptors (Lipinski definition) is 3. The van der Waals surface area contributed by atoms with Crippen molar-refractivity contribution in [1.82, 2.24) is 0 Å². The minimum Gasteiger partial charge on any atom is -0.372 e. The summed E-state index contributed by atoms with van der Waals surface area (Å²) in [5.41, 5.74) is 1.60. The van der Waals surface area contributed by atoms with Gasteiger partial charge in [0.1, 0.15) is 5.82 Å². The van der Waals surface area contributed by atoms with Gasteiger partial charge in [-0.25, -0.2) is 4.39 Å². The molecule has 2 unspecified atom stereocenters. The first-order valence-electron chi connectivity index (χ1n) is 10.0. The molecule has 2 aromatic carbocycles. The first kappa shape index (κ1) is 18.9. The highest BCUT2D eigenvalue weighted by Crippen LogP contribution is 2.44. The van der Waals surface area contributed by atoms with Crippen LogP contribution in [0.25, 0.3) is 0 Å². The number of nitrogens with zero attached hydrogens (tertiary/aromatic N) is 1. The zero-order valence-corrected chi connectivity index (χ0v) is 16.5. The summed E-state index contributed by atoms with van der Waals surface area (Å²) in [6.45, 7) is 5.31. The topological polar surface area (TPSA) is 41.6 Å². The van der Waals surface area contributed by atoms with Crippen molar-refractivity contribution in [3.8, 4) is 0 Å². The third-order valence-electron chi connectivity index (χ3n) is 5.93. The van der Waals surface area contributed by atoms with E-state index < -0.39 is 5.41 Å². The van der Waals surface area contributed by atoms with E-state index in [1.807, 2.05) is 49.1 Å². The first-order valence-corrected chi connectivity index (χ1v) is 10.0. The van der Waals surface area contributed by atoms with Crippen molar-refractivity contribution in [3.05, 3.63) is 59.9 Å². The summed E-state index contributed by atoms with van der Waals surface area (Å²) in [5, 5.41) is 2.95. The molecule has 0 bridgehead atoms. The first-order chi connectivity index (χ1) is 13.5. The maximum absolute atomic E-state index is 14.8. The monoisotopic (exact) mass is 382 g/mol. The van der Waals surface area contributed by atoms with Gasteiger partial charge in [0, 0.05) is 18.8 Å². The summed E-state index contributed by atoms with van der Waals surface area (Å²) in [6.07, 6.45) is 2.81. The van der Waals surface area contributed by atoms with Gasteiger partial charge in [-0.15, -0.1) is 0 Å². The summed E-state index contributed by atoms with van der Waals surface area (Å²) in [5.74, 6) is -0.368. The van der Waals surface area contributed by atoms with Crippen LogP contribution in [0.15, 0.2) is 48.5 Å². The number of amides is 1. The molecule has 2 aliphatic rings. The van der Waals surface area contributed by atoms with Crippen LogP contribution in [0.4, 0.5) is 15.8 Å². The van der Waals surface area contributed by atoms with Crippen molar-refractivity contribution in [2.24, 2.45) is 0 Å². The maximum Gasteiger partial charge on any atom is 0.235 e. The van der Waals surface area contributed by atoms with Gasteiger partial charge in [-0.2, -0.15) is 0 Å². The van der Waals surface area contributed by atoms with Crippen molar-refractivity contribution in [3.63, 3.8) is 0 Å². The highest BCUT2D eigenvalue weighted by atomic mass is 19.1. The van der Waals surface area contributed by atoms with Crippen LogP contribution in [-0.4, -0.2) is 31.2 Å². The highest BCUT2D eigenvalue weighted by Gasteiger charge is 2.45. The van der Waals surface area contributed by atoms with Crippen LogP contribution in [0.2, 0.25) is 0 Å². The maximum atomic E-state index is 14.8. The molecule has 148 valence electrons. The number of nitrogens with one attached hydrogen (secondary N) is 1. The van der Waals surface area contributed by atoms with E-state index >= 15 is 0 Å². The molecule has 5 heteroatoms. The number of morpholine rings is 1. The summed E-state index contributed by atoms with van der Waals surface area (Å²) in [7, 11) is 0. The SMILES string of the molecule is CC1CN(c2ccc(NC(=O)C3(c4ccccc4)CCC3)cc2F)CC(C)O1. The lowest BCUT2D eigenvalue weighted by atomic mass is 9.64. The third-order valence-corrected chi connectivity index (χ3v) is 5.93. The normalized spacial score (nSPS) is 23.8. The van der Waals surface area contributed by atoms with Gasteiger partial charge >= 0.3 is 0 Å². The predicted molar refractivity (Wildman–Crippen MR) is 109 cm³/mol. The Kier molecular flexibility index (Phi) is 5.11. The fourth-order valence-electron chi connectivity index (χ4n) is 4.40. The lowest BCUT2D eigenvalue weighted by molar-refractivity contribution is -0.124. The van der Waals surface area contributed by atoms with Gasteiger partial charge in [0.05, 0.1) is 23.3 Å². The number of carbonyl (C=O) groups is 1. The molecule has 4 rings (SSSR count). The van der Waals surface area contributed by atoms with E-state index in [4.69, 9.17) is 4.74 Å². The average Bonchev–Trinajstić information content (AvgIpc) is 2.61. The third kappa shape index (κ3) is 3.51. The summed E-state index contributed by atoms with van der Waals surface area (Å²) in [4.78, 5) is 15.1. The molecule has 2 atom stereocenters. The number of rotatable bonds is 4. The van der Waals surface area contributed by atoms with Gasteiger partial charge in [0.25, 0.3) is 0 Å². The molecule has 1 aliphatic carbocycles. The summed E-state index contributed by atoms with van der Waals surface area (Å²) >= 11 is 0. The van der Waals surface area contributed by atoms with Crippen molar-refractivity contribution in [2.45, 2.75) is 50.7 Å². The zero-order valence-electron chi connectivity index (χ0n) is 16.5. The van der Waals surface area contributed by atoms with Crippen LogP contribution in [0.1, 0.15) is 38.7 Å². The van der Waals surface area contributed by atoms with E-state index in [0.717, 1.165) is 24.8 Å². The molecule has 1 amide bonds. The highest BCUT2D eigenvalue weighted by molar-refractivity contribution is 6.00. The van der Waals surface area contributed by atoms with Crippen LogP contribution in [0.5, 0.6) is 0 Å². The van der Waals surface area contributed by atoms with E-state index in [2.05, 4.69) is 5.32 Å². The Morgan fingerprint density at radius 3 is 2.36 bits per heavy atom. The molecular formula is C23H27FN2O2. The molecule has 1 saturated carbocycles. The van der Waals surface area contributed by atoms with Crippen molar-refractivity contribution >= 4 is 17.3 Å².